The lowest BCUT2D eigenvalue weighted by Gasteiger charge is -2.18. The van der Waals surface area contributed by atoms with E-state index in [1.807, 2.05) is 37.3 Å². The Morgan fingerprint density at radius 1 is 1.09 bits per heavy atom. The molecule has 1 unspecified atom stereocenters. The monoisotopic (exact) mass is 329 g/mol. The first kappa shape index (κ1) is 17.1. The quantitative estimate of drug-likeness (QED) is 0.693. The van der Waals surface area contributed by atoms with Gasteiger partial charge >= 0.3 is 0 Å². The Balaban J connectivity index is 2.40. The number of rotatable bonds is 4. The fourth-order valence-electron chi connectivity index (χ4n) is 1.94. The fraction of sp³-hybridized carbons (Fsp3) is 0.222. The van der Waals surface area contributed by atoms with Gasteiger partial charge in [-0.1, -0.05) is 48.0 Å². The number of nitrogens with zero attached hydrogens (tertiary/aromatic N) is 1. The van der Waals surface area contributed by atoms with Crippen LogP contribution in [0.4, 0.5) is 0 Å². The first-order chi connectivity index (χ1) is 10.9. The van der Waals surface area contributed by atoms with Gasteiger partial charge in [0.2, 0.25) is 0 Å². The topological polar surface area (TPSA) is 57.6 Å². The van der Waals surface area contributed by atoms with Gasteiger partial charge in [0, 0.05) is 6.04 Å². The van der Waals surface area contributed by atoms with E-state index >= 15 is 0 Å². The maximum Gasteiger partial charge on any atom is 0.271 e. The summed E-state index contributed by atoms with van der Waals surface area (Å²) in [5.41, 5.74) is 1.80. The van der Waals surface area contributed by atoms with E-state index in [9.17, 15) is 13.5 Å². The number of hydrogen-bond acceptors (Lipinski definition) is 3. The van der Waals surface area contributed by atoms with E-state index in [0.29, 0.717) is 0 Å². The second-order valence-electron chi connectivity index (χ2n) is 5.24. The Kier molecular flexibility index (Phi) is 5.43. The van der Waals surface area contributed by atoms with Crippen molar-refractivity contribution in [2.24, 2.45) is 0 Å². The van der Waals surface area contributed by atoms with Crippen LogP contribution in [-0.2, 0) is 16.6 Å². The predicted molar refractivity (Wildman–Crippen MR) is 89.8 cm³/mol. The van der Waals surface area contributed by atoms with E-state index in [0.717, 1.165) is 15.4 Å². The van der Waals surface area contributed by atoms with Crippen molar-refractivity contribution in [2.45, 2.75) is 31.4 Å². The molecule has 0 radical (unpaired) electrons. The van der Waals surface area contributed by atoms with Crippen molar-refractivity contribution in [1.82, 2.24) is 4.31 Å². The number of aliphatic hydroxyl groups is 1. The molecule has 0 saturated carbocycles. The molecule has 0 fully saturated rings. The minimum atomic E-state index is -3.76. The molecule has 0 heterocycles. The average Bonchev–Trinajstić information content (AvgIpc) is 2.52. The lowest BCUT2D eigenvalue weighted by atomic mass is 10.2. The van der Waals surface area contributed by atoms with Crippen LogP contribution in [0.15, 0.2) is 59.5 Å². The van der Waals surface area contributed by atoms with Gasteiger partial charge in [-0.05, 0) is 37.5 Å². The van der Waals surface area contributed by atoms with Crippen LogP contribution in [0.3, 0.4) is 0 Å². The second-order valence-corrected chi connectivity index (χ2v) is 7.10. The lowest BCUT2D eigenvalue weighted by molar-refractivity contribution is 0.253. The molecule has 0 bridgehead atoms. The molecule has 0 aromatic heterocycles. The molecule has 0 saturated heterocycles. The molecule has 0 aliphatic heterocycles. The van der Waals surface area contributed by atoms with Crippen LogP contribution < -0.4 is 0 Å². The van der Waals surface area contributed by atoms with Crippen molar-refractivity contribution in [2.75, 3.05) is 0 Å². The largest absolute Gasteiger partial charge is 0.381 e. The number of aryl methyl sites for hydroxylation is 1. The Morgan fingerprint density at radius 2 is 1.70 bits per heavy atom. The van der Waals surface area contributed by atoms with Crippen LogP contribution in [0.1, 0.15) is 18.1 Å². The summed E-state index contributed by atoms with van der Waals surface area (Å²) < 4.78 is 26.7. The number of hydrogen-bond donors (Lipinski definition) is 1. The zero-order valence-corrected chi connectivity index (χ0v) is 13.9. The molecule has 1 atom stereocenters. The van der Waals surface area contributed by atoms with E-state index in [2.05, 4.69) is 12.0 Å². The lowest BCUT2D eigenvalue weighted by Crippen LogP contribution is -2.26. The predicted octanol–water partition coefficient (Wildman–Crippen LogP) is 2.53. The van der Waals surface area contributed by atoms with Gasteiger partial charge < -0.3 is 5.11 Å². The Bertz CT molecular complexity index is 801. The average molecular weight is 329 g/mol. The van der Waals surface area contributed by atoms with Gasteiger partial charge in [-0.25, -0.2) is 12.7 Å². The molecule has 2 rings (SSSR count). The molecule has 0 aliphatic carbocycles. The SMILES string of the molecule is Cc1ccc(S(=O)(=O)N(C#CC(C)O)Cc2ccccc2)cc1. The van der Waals surface area contributed by atoms with Crippen LogP contribution in [0, 0.1) is 18.9 Å². The minimum Gasteiger partial charge on any atom is -0.381 e. The maximum atomic E-state index is 12.8. The summed E-state index contributed by atoms with van der Waals surface area (Å²) in [5, 5.41) is 9.34. The van der Waals surface area contributed by atoms with Crippen molar-refractivity contribution in [1.29, 1.82) is 0 Å². The highest BCUT2D eigenvalue weighted by molar-refractivity contribution is 7.89. The molecule has 0 amide bonds. The third-order valence-corrected chi connectivity index (χ3v) is 4.84. The van der Waals surface area contributed by atoms with Gasteiger partial charge in [-0.2, -0.15) is 0 Å². The van der Waals surface area contributed by atoms with E-state index in [4.69, 9.17) is 0 Å². The number of aliphatic hydroxyl groups excluding tert-OH is 1. The number of benzene rings is 2. The summed E-state index contributed by atoms with van der Waals surface area (Å²) in [6.45, 7) is 3.51. The fourth-order valence-corrected chi connectivity index (χ4v) is 3.16. The second kappa shape index (κ2) is 7.32. The van der Waals surface area contributed by atoms with Crippen LogP contribution in [0.2, 0.25) is 0 Å². The Labute approximate surface area is 137 Å². The van der Waals surface area contributed by atoms with E-state index < -0.39 is 16.1 Å². The van der Waals surface area contributed by atoms with Crippen molar-refractivity contribution in [3.05, 3.63) is 65.7 Å². The van der Waals surface area contributed by atoms with Gasteiger partial charge in [-0.15, -0.1) is 0 Å². The van der Waals surface area contributed by atoms with E-state index in [1.54, 1.807) is 24.3 Å². The summed E-state index contributed by atoms with van der Waals surface area (Å²) in [6, 6.07) is 18.4. The number of sulfonamides is 1. The highest BCUT2D eigenvalue weighted by Crippen LogP contribution is 2.18. The summed E-state index contributed by atoms with van der Waals surface area (Å²) >= 11 is 0. The van der Waals surface area contributed by atoms with Crippen LogP contribution in [-0.4, -0.2) is 23.9 Å². The van der Waals surface area contributed by atoms with Gasteiger partial charge in [0.05, 0.1) is 11.4 Å². The molecule has 0 spiro atoms. The summed E-state index contributed by atoms with van der Waals surface area (Å²) in [4.78, 5) is 0.180. The molecule has 120 valence electrons. The molecule has 5 heteroatoms. The van der Waals surface area contributed by atoms with Crippen LogP contribution in [0.5, 0.6) is 0 Å². The molecular weight excluding hydrogens is 310 g/mol. The highest BCUT2D eigenvalue weighted by Gasteiger charge is 2.22. The summed E-state index contributed by atoms with van der Waals surface area (Å²) in [6.07, 6.45) is -0.901. The van der Waals surface area contributed by atoms with Crippen molar-refractivity contribution < 1.29 is 13.5 Å². The van der Waals surface area contributed by atoms with Crippen LogP contribution in [0.25, 0.3) is 0 Å². The zero-order chi connectivity index (χ0) is 16.9. The summed E-state index contributed by atoms with van der Waals surface area (Å²) in [7, 11) is -3.76. The van der Waals surface area contributed by atoms with Gasteiger partial charge in [0.25, 0.3) is 10.0 Å². The third kappa shape index (κ3) is 4.59. The molecule has 2 aromatic carbocycles. The van der Waals surface area contributed by atoms with Crippen LogP contribution >= 0.6 is 0 Å². The highest BCUT2D eigenvalue weighted by atomic mass is 32.2. The van der Waals surface area contributed by atoms with Crippen molar-refractivity contribution in [3.8, 4) is 12.0 Å². The third-order valence-electron chi connectivity index (χ3n) is 3.18. The zero-order valence-electron chi connectivity index (χ0n) is 13.1. The molecule has 2 aromatic rings. The molecule has 23 heavy (non-hydrogen) atoms. The first-order valence-corrected chi connectivity index (χ1v) is 8.66. The summed E-state index contributed by atoms with van der Waals surface area (Å²) in [5.74, 6) is 2.51. The molecular formula is C18H19NO3S. The van der Waals surface area contributed by atoms with Crippen molar-refractivity contribution >= 4 is 10.0 Å². The van der Waals surface area contributed by atoms with E-state index in [-0.39, 0.29) is 11.4 Å². The molecule has 1 N–H and O–H groups in total. The first-order valence-electron chi connectivity index (χ1n) is 7.22. The molecule has 0 aliphatic rings. The Hall–Kier alpha value is -2.29. The normalized spacial score (nSPS) is 12.1. The Morgan fingerprint density at radius 3 is 2.26 bits per heavy atom. The van der Waals surface area contributed by atoms with Crippen molar-refractivity contribution in [3.63, 3.8) is 0 Å². The standard InChI is InChI=1S/C18H19NO3S/c1-15-8-10-18(11-9-15)23(21,22)19(13-12-16(2)20)14-17-6-4-3-5-7-17/h3-11,16,20H,14H2,1-2H3. The van der Waals surface area contributed by atoms with Gasteiger partial charge in [0.15, 0.2) is 0 Å². The van der Waals surface area contributed by atoms with E-state index in [1.165, 1.54) is 6.92 Å². The molecule has 4 nitrogen and oxygen atoms in total. The smallest absolute Gasteiger partial charge is 0.271 e. The van der Waals surface area contributed by atoms with Gasteiger partial charge in [0.1, 0.15) is 6.10 Å². The maximum absolute atomic E-state index is 12.8. The van der Waals surface area contributed by atoms with Gasteiger partial charge in [-0.3, -0.25) is 0 Å². The minimum absolute atomic E-state index is 0.122.